The van der Waals surface area contributed by atoms with Crippen molar-refractivity contribution in [2.24, 2.45) is 0 Å². The van der Waals surface area contributed by atoms with Crippen molar-refractivity contribution in [1.82, 2.24) is 9.38 Å². The van der Waals surface area contributed by atoms with Gasteiger partial charge in [-0.3, -0.25) is 4.40 Å². The molecule has 1 aromatic carbocycles. The van der Waals surface area contributed by atoms with Crippen molar-refractivity contribution < 1.29 is 9.50 Å². The third kappa shape index (κ3) is 1.59. The summed E-state index contributed by atoms with van der Waals surface area (Å²) in [5, 5.41) is 9.90. The molecule has 2 heterocycles. The van der Waals surface area contributed by atoms with Crippen LogP contribution in [0.3, 0.4) is 0 Å². The molecular formula is C13H8BrFN2O. The molecular weight excluding hydrogens is 299 g/mol. The van der Waals surface area contributed by atoms with E-state index in [1.807, 2.05) is 0 Å². The average molecular weight is 307 g/mol. The predicted octanol–water partition coefficient (Wildman–Crippen LogP) is 3.61. The van der Waals surface area contributed by atoms with Gasteiger partial charge in [0.25, 0.3) is 0 Å². The van der Waals surface area contributed by atoms with E-state index in [4.69, 9.17) is 0 Å². The van der Waals surface area contributed by atoms with E-state index in [2.05, 4.69) is 20.9 Å². The molecule has 0 fully saturated rings. The summed E-state index contributed by atoms with van der Waals surface area (Å²) < 4.78 is 15.9. The fourth-order valence-corrected chi connectivity index (χ4v) is 2.38. The standard InChI is InChI=1S/C13H8BrFN2O/c14-12-10-6-3-7-11(18)17(10)13(16-12)8-4-1-2-5-9(8)15/h1-7,18H. The van der Waals surface area contributed by atoms with Crippen molar-refractivity contribution >= 4 is 21.4 Å². The third-order valence-corrected chi connectivity index (χ3v) is 3.29. The van der Waals surface area contributed by atoms with E-state index in [1.54, 1.807) is 30.3 Å². The summed E-state index contributed by atoms with van der Waals surface area (Å²) >= 11 is 3.31. The molecule has 0 bridgehead atoms. The third-order valence-electron chi connectivity index (χ3n) is 2.71. The Morgan fingerprint density at radius 3 is 2.67 bits per heavy atom. The largest absolute Gasteiger partial charge is 0.494 e. The highest BCUT2D eigenvalue weighted by molar-refractivity contribution is 9.10. The molecule has 0 saturated carbocycles. The molecule has 0 aliphatic heterocycles. The van der Waals surface area contributed by atoms with E-state index in [-0.39, 0.29) is 11.7 Å². The van der Waals surface area contributed by atoms with Crippen LogP contribution in [0, 0.1) is 5.82 Å². The van der Waals surface area contributed by atoms with Gasteiger partial charge in [0.05, 0.1) is 11.1 Å². The first kappa shape index (κ1) is 11.2. The van der Waals surface area contributed by atoms with Crippen LogP contribution in [0.5, 0.6) is 5.88 Å². The molecule has 0 unspecified atom stereocenters. The first-order chi connectivity index (χ1) is 8.68. The van der Waals surface area contributed by atoms with Crippen LogP contribution in [-0.4, -0.2) is 14.5 Å². The van der Waals surface area contributed by atoms with Crippen molar-refractivity contribution in [3.05, 3.63) is 52.9 Å². The maximum Gasteiger partial charge on any atom is 0.197 e. The van der Waals surface area contributed by atoms with Crippen LogP contribution in [0.4, 0.5) is 4.39 Å². The van der Waals surface area contributed by atoms with E-state index in [0.29, 0.717) is 21.5 Å². The van der Waals surface area contributed by atoms with Crippen LogP contribution in [-0.2, 0) is 0 Å². The lowest BCUT2D eigenvalue weighted by Crippen LogP contribution is -1.92. The maximum atomic E-state index is 13.8. The molecule has 90 valence electrons. The number of fused-ring (bicyclic) bond motifs is 1. The minimum Gasteiger partial charge on any atom is -0.494 e. The summed E-state index contributed by atoms with van der Waals surface area (Å²) in [4.78, 5) is 4.26. The number of hydrogen-bond acceptors (Lipinski definition) is 2. The molecule has 0 amide bonds. The predicted molar refractivity (Wildman–Crippen MR) is 70.0 cm³/mol. The van der Waals surface area contributed by atoms with Gasteiger partial charge in [-0.1, -0.05) is 18.2 Å². The smallest absolute Gasteiger partial charge is 0.197 e. The molecule has 0 spiro atoms. The lowest BCUT2D eigenvalue weighted by molar-refractivity contribution is 0.446. The Hall–Kier alpha value is -1.88. The lowest BCUT2D eigenvalue weighted by atomic mass is 10.2. The van der Waals surface area contributed by atoms with Crippen molar-refractivity contribution in [2.45, 2.75) is 0 Å². The van der Waals surface area contributed by atoms with Crippen molar-refractivity contribution in [1.29, 1.82) is 0 Å². The van der Waals surface area contributed by atoms with Crippen LogP contribution in [0.15, 0.2) is 47.1 Å². The van der Waals surface area contributed by atoms with Crippen LogP contribution in [0.2, 0.25) is 0 Å². The Kier molecular flexibility index (Phi) is 2.56. The summed E-state index contributed by atoms with van der Waals surface area (Å²) in [7, 11) is 0. The zero-order valence-corrected chi connectivity index (χ0v) is 10.7. The highest BCUT2D eigenvalue weighted by atomic mass is 79.9. The Morgan fingerprint density at radius 1 is 1.11 bits per heavy atom. The van der Waals surface area contributed by atoms with Crippen molar-refractivity contribution in [3.63, 3.8) is 0 Å². The monoisotopic (exact) mass is 306 g/mol. The van der Waals surface area contributed by atoms with Gasteiger partial charge < -0.3 is 5.11 Å². The van der Waals surface area contributed by atoms with Gasteiger partial charge in [0, 0.05) is 0 Å². The summed E-state index contributed by atoms with van der Waals surface area (Å²) in [6.45, 7) is 0. The number of pyridine rings is 1. The van der Waals surface area contributed by atoms with Crippen LogP contribution in [0.1, 0.15) is 0 Å². The second-order valence-corrected chi connectivity index (χ2v) is 4.56. The van der Waals surface area contributed by atoms with Gasteiger partial charge in [-0.15, -0.1) is 0 Å². The van der Waals surface area contributed by atoms with Crippen molar-refractivity contribution in [3.8, 4) is 17.3 Å². The minimum atomic E-state index is -0.375. The fourth-order valence-electron chi connectivity index (χ4n) is 1.90. The van der Waals surface area contributed by atoms with Crippen LogP contribution < -0.4 is 0 Å². The summed E-state index contributed by atoms with van der Waals surface area (Å²) in [6.07, 6.45) is 0. The number of aromatic nitrogens is 2. The zero-order valence-electron chi connectivity index (χ0n) is 9.14. The van der Waals surface area contributed by atoms with E-state index < -0.39 is 0 Å². The fraction of sp³-hybridized carbons (Fsp3) is 0. The van der Waals surface area contributed by atoms with Gasteiger partial charge in [-0.05, 0) is 40.2 Å². The highest BCUT2D eigenvalue weighted by Gasteiger charge is 2.15. The molecule has 0 aliphatic rings. The van der Waals surface area contributed by atoms with Gasteiger partial charge in [-0.2, -0.15) is 0 Å². The Labute approximate surface area is 111 Å². The second-order valence-electron chi connectivity index (χ2n) is 3.81. The SMILES string of the molecule is Oc1cccc2c(Br)nc(-c3ccccc3F)n12. The quantitative estimate of drug-likeness (QED) is 0.746. The molecule has 0 aliphatic carbocycles. The van der Waals surface area contributed by atoms with Crippen LogP contribution >= 0.6 is 15.9 Å². The number of halogens is 2. The molecule has 0 atom stereocenters. The normalized spacial score (nSPS) is 11.0. The number of imidazole rings is 1. The topological polar surface area (TPSA) is 37.5 Å². The number of aromatic hydroxyl groups is 1. The molecule has 3 nitrogen and oxygen atoms in total. The summed E-state index contributed by atoms with van der Waals surface area (Å²) in [6, 6.07) is 11.4. The van der Waals surface area contributed by atoms with Gasteiger partial charge >= 0.3 is 0 Å². The first-order valence-corrected chi connectivity index (χ1v) is 6.08. The number of benzene rings is 1. The molecule has 0 radical (unpaired) electrons. The number of rotatable bonds is 1. The van der Waals surface area contributed by atoms with Gasteiger partial charge in [0.1, 0.15) is 10.4 Å². The Bertz CT molecular complexity index is 739. The summed E-state index contributed by atoms with van der Waals surface area (Å²) in [5.41, 5.74) is 1.04. The highest BCUT2D eigenvalue weighted by Crippen LogP contribution is 2.30. The van der Waals surface area contributed by atoms with Crippen molar-refractivity contribution in [2.75, 3.05) is 0 Å². The van der Waals surface area contributed by atoms with Gasteiger partial charge in [-0.25, -0.2) is 9.37 Å². The molecule has 2 aromatic heterocycles. The van der Waals surface area contributed by atoms with Gasteiger partial charge in [0.15, 0.2) is 11.7 Å². The van der Waals surface area contributed by atoms with E-state index in [9.17, 15) is 9.50 Å². The Balaban J connectivity index is 2.41. The molecule has 3 aromatic rings. The zero-order chi connectivity index (χ0) is 12.7. The molecule has 18 heavy (non-hydrogen) atoms. The average Bonchev–Trinajstić information content (AvgIpc) is 2.69. The Morgan fingerprint density at radius 2 is 1.89 bits per heavy atom. The van der Waals surface area contributed by atoms with E-state index >= 15 is 0 Å². The van der Waals surface area contributed by atoms with Crippen LogP contribution in [0.25, 0.3) is 16.9 Å². The second kappa shape index (κ2) is 4.10. The van der Waals surface area contributed by atoms with E-state index in [1.165, 1.54) is 16.5 Å². The first-order valence-electron chi connectivity index (χ1n) is 5.29. The molecule has 1 N–H and O–H groups in total. The van der Waals surface area contributed by atoms with Gasteiger partial charge in [0.2, 0.25) is 0 Å². The maximum absolute atomic E-state index is 13.8. The number of nitrogens with zero attached hydrogens (tertiary/aromatic N) is 2. The number of hydrogen-bond donors (Lipinski definition) is 1. The van der Waals surface area contributed by atoms with E-state index in [0.717, 1.165) is 0 Å². The summed E-state index contributed by atoms with van der Waals surface area (Å²) in [5.74, 6) is 0.0113. The molecule has 5 heteroatoms. The lowest BCUT2D eigenvalue weighted by Gasteiger charge is -2.04. The molecule has 0 saturated heterocycles. The molecule has 3 rings (SSSR count). The minimum absolute atomic E-state index is 0.0175.